The van der Waals surface area contributed by atoms with Gasteiger partial charge in [0.2, 0.25) is 0 Å². The molecule has 0 saturated heterocycles. The van der Waals surface area contributed by atoms with Gasteiger partial charge in [0.25, 0.3) is 0 Å². The van der Waals surface area contributed by atoms with Crippen molar-refractivity contribution in [1.29, 1.82) is 0 Å². The van der Waals surface area contributed by atoms with Crippen LogP contribution in [0.15, 0.2) is 0 Å². The zero-order valence-electron chi connectivity index (χ0n) is 7.66. The SMILES string of the molecule is O[C@@]12C[C@H]3[C@H]4C[C@H]5[C@H]3[C@H]1C(Br)(Br)[C@H]5[C@H]42. The van der Waals surface area contributed by atoms with E-state index in [0.29, 0.717) is 11.8 Å². The van der Waals surface area contributed by atoms with Gasteiger partial charge in [-0.2, -0.15) is 0 Å². The van der Waals surface area contributed by atoms with E-state index in [9.17, 15) is 5.11 Å². The number of alkyl halides is 2. The molecule has 6 rings (SSSR count). The minimum atomic E-state index is -0.287. The summed E-state index contributed by atoms with van der Waals surface area (Å²) in [6, 6.07) is 0. The van der Waals surface area contributed by atoms with Crippen LogP contribution in [0.25, 0.3) is 0 Å². The molecule has 3 heteroatoms. The summed E-state index contributed by atoms with van der Waals surface area (Å²) in [6.07, 6.45) is 2.53. The molecule has 0 aromatic rings. The summed E-state index contributed by atoms with van der Waals surface area (Å²) in [6.45, 7) is 0. The van der Waals surface area contributed by atoms with Crippen LogP contribution in [0.2, 0.25) is 0 Å². The molecule has 0 spiro atoms. The third-order valence-electron chi connectivity index (χ3n) is 6.31. The molecule has 6 saturated carbocycles. The van der Waals surface area contributed by atoms with Crippen LogP contribution in [-0.2, 0) is 0 Å². The van der Waals surface area contributed by atoms with Gasteiger partial charge in [0.05, 0.1) is 8.83 Å². The Balaban J connectivity index is 1.89. The van der Waals surface area contributed by atoms with Gasteiger partial charge >= 0.3 is 0 Å². The molecule has 1 nitrogen and oxygen atoms in total. The van der Waals surface area contributed by atoms with Crippen LogP contribution in [0.1, 0.15) is 12.8 Å². The number of hydrogen-bond acceptors (Lipinski definition) is 1. The van der Waals surface area contributed by atoms with E-state index in [1.165, 1.54) is 6.42 Å². The maximum absolute atomic E-state index is 10.8. The fourth-order valence-corrected chi connectivity index (χ4v) is 9.20. The largest absolute Gasteiger partial charge is 0.389 e. The summed E-state index contributed by atoms with van der Waals surface area (Å²) >= 11 is 7.77. The lowest BCUT2D eigenvalue weighted by Gasteiger charge is -2.38. The van der Waals surface area contributed by atoms with Crippen LogP contribution in [0.3, 0.4) is 0 Å². The van der Waals surface area contributed by atoms with E-state index in [0.717, 1.165) is 36.0 Å². The molecule has 1 N–H and O–H groups in total. The summed E-state index contributed by atoms with van der Waals surface area (Å²) in [4.78, 5) is 0. The van der Waals surface area contributed by atoms with Crippen LogP contribution >= 0.6 is 31.9 Å². The first-order chi connectivity index (χ1) is 6.57. The zero-order valence-corrected chi connectivity index (χ0v) is 10.8. The molecule has 0 unspecified atom stereocenters. The topological polar surface area (TPSA) is 20.2 Å². The first-order valence-electron chi connectivity index (χ1n) is 5.67. The summed E-state index contributed by atoms with van der Waals surface area (Å²) in [5, 5.41) is 10.8. The molecule has 0 aromatic heterocycles. The highest BCUT2D eigenvalue weighted by Crippen LogP contribution is 2.88. The number of halogens is 2. The van der Waals surface area contributed by atoms with E-state index in [-0.39, 0.29) is 8.83 Å². The van der Waals surface area contributed by atoms with Crippen LogP contribution in [0.4, 0.5) is 0 Å². The van der Waals surface area contributed by atoms with Gasteiger partial charge in [0, 0.05) is 5.92 Å². The number of rotatable bonds is 0. The second-order valence-electron chi connectivity index (χ2n) is 6.20. The van der Waals surface area contributed by atoms with Crippen molar-refractivity contribution < 1.29 is 5.11 Å². The van der Waals surface area contributed by atoms with E-state index >= 15 is 0 Å². The Bertz CT molecular complexity index is 368. The maximum atomic E-state index is 10.8. The molecule has 0 aliphatic heterocycles. The zero-order chi connectivity index (χ0) is 9.46. The smallest absolute Gasteiger partial charge is 0.0898 e. The van der Waals surface area contributed by atoms with Crippen LogP contribution in [-0.4, -0.2) is 13.9 Å². The van der Waals surface area contributed by atoms with Crippen LogP contribution in [0, 0.1) is 41.4 Å². The Morgan fingerprint density at radius 2 is 1.86 bits per heavy atom. The molecular formula is C11H12Br2O. The van der Waals surface area contributed by atoms with Gasteiger partial charge in [-0.25, -0.2) is 0 Å². The number of aliphatic hydroxyl groups is 1. The highest BCUT2D eigenvalue weighted by Gasteiger charge is 2.89. The second-order valence-corrected chi connectivity index (χ2v) is 9.89. The van der Waals surface area contributed by atoms with Gasteiger partial charge in [-0.1, -0.05) is 31.9 Å². The quantitative estimate of drug-likeness (QED) is 0.680. The fourth-order valence-electron chi connectivity index (χ4n) is 6.55. The second kappa shape index (κ2) is 1.80. The molecule has 6 bridgehead atoms. The van der Waals surface area contributed by atoms with E-state index in [1.807, 2.05) is 0 Å². The molecule has 0 heterocycles. The van der Waals surface area contributed by atoms with Gasteiger partial charge in [-0.05, 0) is 48.3 Å². The molecule has 0 radical (unpaired) electrons. The molecular weight excluding hydrogens is 308 g/mol. The van der Waals surface area contributed by atoms with Gasteiger partial charge < -0.3 is 5.11 Å². The molecule has 8 atom stereocenters. The summed E-state index contributed by atoms with van der Waals surface area (Å²) in [5.41, 5.74) is -0.287. The Kier molecular flexibility index (Phi) is 1.04. The van der Waals surface area contributed by atoms with E-state index in [1.54, 1.807) is 0 Å². The normalized spacial score (nSPS) is 78.6. The lowest BCUT2D eigenvalue weighted by atomic mass is 9.69. The van der Waals surface area contributed by atoms with Crippen molar-refractivity contribution in [2.45, 2.75) is 21.7 Å². The summed E-state index contributed by atoms with van der Waals surface area (Å²) in [7, 11) is 0. The van der Waals surface area contributed by atoms with Crippen LogP contribution in [0.5, 0.6) is 0 Å². The Hall–Kier alpha value is 0.920. The van der Waals surface area contributed by atoms with Crippen molar-refractivity contribution in [2.75, 3.05) is 0 Å². The molecule has 76 valence electrons. The Morgan fingerprint density at radius 3 is 2.57 bits per heavy atom. The number of hydrogen-bond donors (Lipinski definition) is 1. The molecule has 14 heavy (non-hydrogen) atoms. The molecule has 6 fully saturated rings. The summed E-state index contributed by atoms with van der Waals surface area (Å²) < 4.78 is 0.0920. The van der Waals surface area contributed by atoms with Crippen molar-refractivity contribution in [1.82, 2.24) is 0 Å². The van der Waals surface area contributed by atoms with Crippen molar-refractivity contribution in [2.24, 2.45) is 41.4 Å². The monoisotopic (exact) mass is 318 g/mol. The Labute approximate surface area is 99.9 Å². The van der Waals surface area contributed by atoms with Crippen molar-refractivity contribution in [3.63, 3.8) is 0 Å². The molecule has 6 aliphatic rings. The lowest BCUT2D eigenvalue weighted by molar-refractivity contribution is -0.0538. The van der Waals surface area contributed by atoms with Gasteiger partial charge in [0.15, 0.2) is 0 Å². The van der Waals surface area contributed by atoms with Crippen LogP contribution < -0.4 is 0 Å². The predicted octanol–water partition coefficient (Wildman–Crippen LogP) is 2.37. The first-order valence-corrected chi connectivity index (χ1v) is 7.25. The van der Waals surface area contributed by atoms with Gasteiger partial charge in [-0.3, -0.25) is 0 Å². The van der Waals surface area contributed by atoms with Gasteiger partial charge in [-0.15, -0.1) is 0 Å². The maximum Gasteiger partial charge on any atom is 0.0898 e. The molecule has 0 amide bonds. The molecule has 6 aliphatic carbocycles. The lowest BCUT2D eigenvalue weighted by Crippen LogP contribution is -2.43. The predicted molar refractivity (Wildman–Crippen MR) is 59.2 cm³/mol. The third kappa shape index (κ3) is 0.479. The van der Waals surface area contributed by atoms with Gasteiger partial charge in [0.1, 0.15) is 0 Å². The van der Waals surface area contributed by atoms with Crippen molar-refractivity contribution >= 4 is 31.9 Å². The average molecular weight is 320 g/mol. The Morgan fingerprint density at radius 1 is 1.07 bits per heavy atom. The van der Waals surface area contributed by atoms with Crippen molar-refractivity contribution in [3.8, 4) is 0 Å². The highest BCUT2D eigenvalue weighted by atomic mass is 79.9. The van der Waals surface area contributed by atoms with E-state index in [2.05, 4.69) is 31.9 Å². The fraction of sp³-hybridized carbons (Fsp3) is 1.00. The standard InChI is InChI=1S/C11H12Br2O/c12-11(13)8-4-1-3-5-2-10(14,7(3)8)9(11)6(4)5/h3-9,14H,1-2H2/t3-,4+,5+,6-,7+,8-,9-,10-/m1/s1. The van der Waals surface area contributed by atoms with Crippen molar-refractivity contribution in [3.05, 3.63) is 0 Å². The average Bonchev–Trinajstić information content (AvgIpc) is 2.70. The third-order valence-corrected chi connectivity index (χ3v) is 8.36. The van der Waals surface area contributed by atoms with E-state index in [4.69, 9.17) is 0 Å². The summed E-state index contributed by atoms with van der Waals surface area (Å²) in [5.74, 6) is 5.41. The highest BCUT2D eigenvalue weighted by molar-refractivity contribution is 9.25. The first kappa shape index (κ1) is 8.08. The van der Waals surface area contributed by atoms with E-state index < -0.39 is 0 Å². The minimum absolute atomic E-state index is 0.0920. The minimum Gasteiger partial charge on any atom is -0.389 e. The molecule has 0 aromatic carbocycles.